The molecule has 0 saturated heterocycles. The van der Waals surface area contributed by atoms with Gasteiger partial charge in [0.25, 0.3) is 0 Å². The van der Waals surface area contributed by atoms with Gasteiger partial charge in [-0.2, -0.15) is 0 Å². The van der Waals surface area contributed by atoms with Crippen molar-refractivity contribution in [3.8, 4) is 0 Å². The maximum atomic E-state index is 10.4. The highest BCUT2D eigenvalue weighted by atomic mass is 16.5. The average molecular weight is 140 g/mol. The summed E-state index contributed by atoms with van der Waals surface area (Å²) in [4.78, 5) is 13.0. The molecule has 1 N–H and O–H groups in total. The van der Waals surface area contributed by atoms with Crippen LogP contribution in [0.5, 0.6) is 0 Å². The van der Waals surface area contributed by atoms with E-state index in [4.69, 9.17) is 0 Å². The van der Waals surface area contributed by atoms with E-state index in [1.54, 1.807) is 0 Å². The molecule has 0 unspecified atom stereocenters. The van der Waals surface area contributed by atoms with Crippen molar-refractivity contribution in [1.82, 2.24) is 10.1 Å². The average Bonchev–Trinajstić information content (AvgIpc) is 2.42. The lowest BCUT2D eigenvalue weighted by atomic mass is 10.3. The molecule has 1 saturated carbocycles. The molecule has 4 heteroatoms. The van der Waals surface area contributed by atoms with Gasteiger partial charge in [0.05, 0.1) is 0 Å². The first kappa shape index (κ1) is 5.70. The summed E-state index contributed by atoms with van der Waals surface area (Å²) >= 11 is 0. The molecule has 0 amide bonds. The molecule has 0 radical (unpaired) electrons. The molecule has 4 nitrogen and oxygen atoms in total. The molecule has 0 aromatic carbocycles. The molecule has 1 aliphatic rings. The number of hydrogen-bond donors (Lipinski definition) is 1. The molecular weight excluding hydrogens is 132 g/mol. The van der Waals surface area contributed by atoms with E-state index in [2.05, 4.69) is 21.6 Å². The van der Waals surface area contributed by atoms with Gasteiger partial charge in [-0.15, -0.1) is 0 Å². The Morgan fingerprint density at radius 1 is 1.80 bits per heavy atom. The topological polar surface area (TPSA) is 58.9 Å². The Hall–Kier alpha value is -1.06. The summed E-state index contributed by atoms with van der Waals surface area (Å²) in [5, 5.41) is 3.59. The lowest BCUT2D eigenvalue weighted by molar-refractivity contribution is 0.381. The van der Waals surface area contributed by atoms with Gasteiger partial charge in [0, 0.05) is 5.92 Å². The lowest BCUT2D eigenvalue weighted by Crippen LogP contribution is -1.96. The fraction of sp³-hybridized carbons (Fsp3) is 0.667. The van der Waals surface area contributed by atoms with Crippen LogP contribution in [0.25, 0.3) is 0 Å². The monoisotopic (exact) mass is 140 g/mol. The minimum absolute atomic E-state index is 0.437. The van der Waals surface area contributed by atoms with E-state index in [1.165, 1.54) is 0 Å². The predicted octanol–water partition coefficient (Wildman–Crippen LogP) is 0.486. The zero-order valence-corrected chi connectivity index (χ0v) is 5.63. The van der Waals surface area contributed by atoms with Crippen LogP contribution in [0.15, 0.2) is 9.32 Å². The van der Waals surface area contributed by atoms with E-state index >= 15 is 0 Å². The van der Waals surface area contributed by atoms with Gasteiger partial charge in [-0.25, -0.2) is 4.79 Å². The standard InChI is InChI=1S/C6H8N2O2/c1-3-2-4(3)5-7-6(9)10-8-5/h3-4H,2H2,1H3,(H,7,8,9)/t3-,4-/m0/s1. The van der Waals surface area contributed by atoms with Crippen LogP contribution >= 0.6 is 0 Å². The molecule has 1 aromatic rings. The van der Waals surface area contributed by atoms with Crippen LogP contribution < -0.4 is 5.76 Å². The Morgan fingerprint density at radius 3 is 2.90 bits per heavy atom. The van der Waals surface area contributed by atoms with Gasteiger partial charge in [-0.05, 0) is 12.3 Å². The molecule has 0 aliphatic heterocycles. The van der Waals surface area contributed by atoms with Gasteiger partial charge in [0.1, 0.15) is 0 Å². The maximum Gasteiger partial charge on any atom is 0.438 e. The van der Waals surface area contributed by atoms with Gasteiger partial charge in [-0.3, -0.25) is 9.51 Å². The normalized spacial score (nSPS) is 30.5. The smallest absolute Gasteiger partial charge is 0.296 e. The van der Waals surface area contributed by atoms with Gasteiger partial charge in [0.2, 0.25) is 0 Å². The lowest BCUT2D eigenvalue weighted by Gasteiger charge is -1.82. The summed E-state index contributed by atoms with van der Waals surface area (Å²) in [6.07, 6.45) is 1.11. The van der Waals surface area contributed by atoms with E-state index in [1.807, 2.05) is 0 Å². The van der Waals surface area contributed by atoms with Crippen molar-refractivity contribution in [2.75, 3.05) is 0 Å². The summed E-state index contributed by atoms with van der Waals surface area (Å²) in [5.74, 6) is 1.35. The van der Waals surface area contributed by atoms with Gasteiger partial charge >= 0.3 is 5.76 Å². The van der Waals surface area contributed by atoms with E-state index in [-0.39, 0.29) is 0 Å². The van der Waals surface area contributed by atoms with Crippen LogP contribution in [0, 0.1) is 5.92 Å². The van der Waals surface area contributed by atoms with Crippen LogP contribution in [0.3, 0.4) is 0 Å². The third kappa shape index (κ3) is 0.761. The van der Waals surface area contributed by atoms with Gasteiger partial charge in [0.15, 0.2) is 5.82 Å². The zero-order chi connectivity index (χ0) is 7.14. The molecule has 2 atom stereocenters. The summed E-state index contributed by atoms with van der Waals surface area (Å²) < 4.78 is 4.35. The van der Waals surface area contributed by atoms with Gasteiger partial charge < -0.3 is 0 Å². The number of rotatable bonds is 1. The third-order valence-corrected chi connectivity index (χ3v) is 1.92. The fourth-order valence-corrected chi connectivity index (χ4v) is 1.10. The molecule has 2 rings (SSSR count). The summed E-state index contributed by atoms with van der Waals surface area (Å²) in [7, 11) is 0. The predicted molar refractivity (Wildman–Crippen MR) is 33.6 cm³/mol. The second kappa shape index (κ2) is 1.71. The summed E-state index contributed by atoms with van der Waals surface area (Å²) in [6.45, 7) is 2.12. The molecule has 1 aromatic heterocycles. The van der Waals surface area contributed by atoms with Crippen LogP contribution in [0.4, 0.5) is 0 Å². The second-order valence-corrected chi connectivity index (χ2v) is 2.80. The minimum atomic E-state index is -0.450. The first-order valence-corrected chi connectivity index (χ1v) is 3.33. The quantitative estimate of drug-likeness (QED) is 0.617. The number of hydrogen-bond acceptors (Lipinski definition) is 3. The molecule has 1 heterocycles. The Balaban J connectivity index is 2.27. The second-order valence-electron chi connectivity index (χ2n) is 2.80. The van der Waals surface area contributed by atoms with Crippen molar-refractivity contribution in [1.29, 1.82) is 0 Å². The Kier molecular flexibility index (Phi) is 0.977. The van der Waals surface area contributed by atoms with Crippen molar-refractivity contribution in [3.63, 3.8) is 0 Å². The SMILES string of the molecule is C[C@H]1C[C@@H]1c1noc(=O)[nH]1. The van der Waals surface area contributed by atoms with E-state index < -0.39 is 5.76 Å². The maximum absolute atomic E-state index is 10.4. The first-order valence-electron chi connectivity index (χ1n) is 3.33. The fourth-order valence-electron chi connectivity index (χ4n) is 1.10. The van der Waals surface area contributed by atoms with Crippen LogP contribution in [0.1, 0.15) is 25.1 Å². The van der Waals surface area contributed by atoms with Crippen molar-refractivity contribution in [2.24, 2.45) is 5.92 Å². The minimum Gasteiger partial charge on any atom is -0.296 e. The number of aromatic amines is 1. The molecular formula is C6H8N2O2. The van der Waals surface area contributed by atoms with Crippen LogP contribution in [0.2, 0.25) is 0 Å². The van der Waals surface area contributed by atoms with Crippen LogP contribution in [-0.4, -0.2) is 10.1 Å². The van der Waals surface area contributed by atoms with Crippen molar-refractivity contribution >= 4 is 0 Å². The summed E-state index contributed by atoms with van der Waals surface area (Å²) in [6, 6.07) is 0. The number of nitrogens with zero attached hydrogens (tertiary/aromatic N) is 1. The first-order chi connectivity index (χ1) is 4.77. The number of nitrogens with one attached hydrogen (secondary N) is 1. The van der Waals surface area contributed by atoms with E-state index in [9.17, 15) is 4.79 Å². The highest BCUT2D eigenvalue weighted by molar-refractivity contribution is 5.05. The molecule has 10 heavy (non-hydrogen) atoms. The molecule has 0 spiro atoms. The Morgan fingerprint density at radius 2 is 2.50 bits per heavy atom. The highest BCUT2D eigenvalue weighted by Gasteiger charge is 2.37. The Labute approximate surface area is 57.2 Å². The van der Waals surface area contributed by atoms with Crippen molar-refractivity contribution in [2.45, 2.75) is 19.3 Å². The molecule has 0 bridgehead atoms. The molecule has 1 aliphatic carbocycles. The zero-order valence-electron chi connectivity index (χ0n) is 5.63. The van der Waals surface area contributed by atoms with Gasteiger partial charge in [-0.1, -0.05) is 12.1 Å². The summed E-state index contributed by atoms with van der Waals surface area (Å²) in [5.41, 5.74) is 0. The largest absolute Gasteiger partial charge is 0.438 e. The number of H-pyrrole nitrogens is 1. The Bertz CT molecular complexity index is 288. The van der Waals surface area contributed by atoms with E-state index in [0.717, 1.165) is 6.42 Å². The molecule has 54 valence electrons. The third-order valence-electron chi connectivity index (χ3n) is 1.92. The number of aromatic nitrogens is 2. The van der Waals surface area contributed by atoms with Crippen molar-refractivity contribution < 1.29 is 4.52 Å². The van der Waals surface area contributed by atoms with E-state index in [0.29, 0.717) is 17.7 Å². The van der Waals surface area contributed by atoms with Crippen LogP contribution in [-0.2, 0) is 0 Å². The molecule has 1 fully saturated rings. The highest BCUT2D eigenvalue weighted by Crippen LogP contribution is 2.44. The van der Waals surface area contributed by atoms with Crippen molar-refractivity contribution in [3.05, 3.63) is 16.4 Å².